The van der Waals surface area contributed by atoms with Crippen LogP contribution in [0.15, 0.2) is 48.5 Å². The number of hydrogen-bond acceptors (Lipinski definition) is 5. The van der Waals surface area contributed by atoms with Crippen LogP contribution in [0.4, 0.5) is 17.1 Å². The number of fused-ring (bicyclic) bond motifs is 1. The Kier molecular flexibility index (Phi) is 5.64. The Morgan fingerprint density at radius 3 is 2.54 bits per heavy atom. The first-order chi connectivity index (χ1) is 13.4. The lowest BCUT2D eigenvalue weighted by atomic mass is 10.1. The average molecular weight is 382 g/mol. The van der Waals surface area contributed by atoms with Crippen molar-refractivity contribution in [3.05, 3.63) is 64.2 Å². The number of benzene rings is 2. The number of nitrogens with zero attached hydrogens (tertiary/aromatic N) is 2. The smallest absolute Gasteiger partial charge is 0.269 e. The lowest BCUT2D eigenvalue weighted by molar-refractivity contribution is -0.384. The van der Waals surface area contributed by atoms with Crippen LogP contribution in [0.2, 0.25) is 0 Å². The molecular weight excluding hydrogens is 364 g/mol. The van der Waals surface area contributed by atoms with E-state index in [9.17, 15) is 24.5 Å². The highest BCUT2D eigenvalue weighted by Crippen LogP contribution is 2.29. The monoisotopic (exact) mass is 382 g/mol. The molecule has 9 heteroatoms. The standard InChI is InChI=1S/C19H18N4O5/c24-17(20-11-13-5-7-14(8-6-13)23(27)28)9-10-19(26)22-12-18(25)21-15-3-1-2-4-16(15)22/h1-8H,9-12H2,(H,20,24)(H,21,25). The third kappa shape index (κ3) is 4.50. The van der Waals surface area contributed by atoms with E-state index in [4.69, 9.17) is 0 Å². The summed E-state index contributed by atoms with van der Waals surface area (Å²) >= 11 is 0. The highest BCUT2D eigenvalue weighted by atomic mass is 16.6. The van der Waals surface area contributed by atoms with Gasteiger partial charge in [0.2, 0.25) is 17.7 Å². The summed E-state index contributed by atoms with van der Waals surface area (Å²) in [7, 11) is 0. The van der Waals surface area contributed by atoms with Gasteiger partial charge in [-0.3, -0.25) is 24.5 Å². The third-order valence-electron chi connectivity index (χ3n) is 4.27. The van der Waals surface area contributed by atoms with Gasteiger partial charge >= 0.3 is 0 Å². The summed E-state index contributed by atoms with van der Waals surface area (Å²) in [6.07, 6.45) is -0.0557. The molecule has 0 spiro atoms. The van der Waals surface area contributed by atoms with Crippen molar-refractivity contribution in [2.45, 2.75) is 19.4 Å². The quantitative estimate of drug-likeness (QED) is 0.584. The molecule has 2 aromatic rings. The fourth-order valence-corrected chi connectivity index (χ4v) is 2.84. The van der Waals surface area contributed by atoms with Crippen molar-refractivity contribution in [3.8, 4) is 0 Å². The molecule has 28 heavy (non-hydrogen) atoms. The third-order valence-corrected chi connectivity index (χ3v) is 4.27. The molecule has 3 amide bonds. The molecule has 0 unspecified atom stereocenters. The molecule has 0 saturated heterocycles. The summed E-state index contributed by atoms with van der Waals surface area (Å²) in [6, 6.07) is 12.8. The van der Waals surface area contributed by atoms with Crippen LogP contribution in [-0.4, -0.2) is 29.2 Å². The van der Waals surface area contributed by atoms with Gasteiger partial charge in [-0.1, -0.05) is 24.3 Å². The molecule has 0 fully saturated rings. The number of nitro groups is 1. The molecule has 2 N–H and O–H groups in total. The van der Waals surface area contributed by atoms with E-state index >= 15 is 0 Å². The number of carbonyl (C=O) groups excluding carboxylic acids is 3. The molecule has 0 saturated carbocycles. The number of carbonyl (C=O) groups is 3. The van der Waals surface area contributed by atoms with Crippen LogP contribution in [-0.2, 0) is 20.9 Å². The molecule has 0 atom stereocenters. The Morgan fingerprint density at radius 2 is 1.82 bits per heavy atom. The molecule has 1 aliphatic heterocycles. The molecule has 0 aromatic heterocycles. The van der Waals surface area contributed by atoms with Crippen LogP contribution in [0.1, 0.15) is 18.4 Å². The van der Waals surface area contributed by atoms with Crippen LogP contribution in [0.3, 0.4) is 0 Å². The van der Waals surface area contributed by atoms with Gasteiger partial charge in [-0.15, -0.1) is 0 Å². The highest BCUT2D eigenvalue weighted by molar-refractivity contribution is 6.10. The van der Waals surface area contributed by atoms with Gasteiger partial charge < -0.3 is 15.5 Å². The number of nitro benzene ring substituents is 1. The van der Waals surface area contributed by atoms with Crippen LogP contribution in [0.25, 0.3) is 0 Å². The molecule has 0 aliphatic carbocycles. The second kappa shape index (κ2) is 8.30. The summed E-state index contributed by atoms with van der Waals surface area (Å²) in [5.74, 6) is -0.913. The lowest BCUT2D eigenvalue weighted by Crippen LogP contribution is -2.42. The van der Waals surface area contributed by atoms with Crippen molar-refractivity contribution >= 4 is 34.8 Å². The molecule has 0 bridgehead atoms. The van der Waals surface area contributed by atoms with E-state index in [0.717, 1.165) is 0 Å². The van der Waals surface area contributed by atoms with Gasteiger partial charge in [0.05, 0.1) is 16.3 Å². The summed E-state index contributed by atoms with van der Waals surface area (Å²) < 4.78 is 0. The van der Waals surface area contributed by atoms with Gasteiger partial charge in [-0.25, -0.2) is 0 Å². The highest BCUT2D eigenvalue weighted by Gasteiger charge is 2.26. The zero-order chi connectivity index (χ0) is 20.1. The summed E-state index contributed by atoms with van der Waals surface area (Å²) in [6.45, 7) is 0.125. The predicted octanol–water partition coefficient (Wildman–Crippen LogP) is 1.98. The number of rotatable bonds is 6. The summed E-state index contributed by atoms with van der Waals surface area (Å²) in [4.78, 5) is 47.8. The Balaban J connectivity index is 1.51. The number of amides is 3. The largest absolute Gasteiger partial charge is 0.352 e. The fraction of sp³-hybridized carbons (Fsp3) is 0.211. The number of hydrogen-bond donors (Lipinski definition) is 2. The molecule has 144 valence electrons. The number of anilines is 2. The summed E-state index contributed by atoms with van der Waals surface area (Å²) in [5.41, 5.74) is 1.87. The van der Waals surface area contributed by atoms with Crippen molar-refractivity contribution < 1.29 is 19.3 Å². The maximum atomic E-state index is 12.5. The van der Waals surface area contributed by atoms with Crippen LogP contribution in [0.5, 0.6) is 0 Å². The number of para-hydroxylation sites is 2. The topological polar surface area (TPSA) is 122 Å². The van der Waals surface area contributed by atoms with E-state index in [1.807, 2.05) is 0 Å². The van der Waals surface area contributed by atoms with Crippen molar-refractivity contribution in [2.75, 3.05) is 16.8 Å². The van der Waals surface area contributed by atoms with E-state index in [0.29, 0.717) is 16.9 Å². The molecule has 2 aromatic carbocycles. The Bertz CT molecular complexity index is 926. The second-order valence-corrected chi connectivity index (χ2v) is 6.25. The minimum absolute atomic E-state index is 0.0217. The predicted molar refractivity (Wildman–Crippen MR) is 102 cm³/mol. The maximum absolute atomic E-state index is 12.5. The van der Waals surface area contributed by atoms with E-state index in [-0.39, 0.29) is 49.3 Å². The van der Waals surface area contributed by atoms with E-state index < -0.39 is 4.92 Å². The molecular formula is C19H18N4O5. The lowest BCUT2D eigenvalue weighted by Gasteiger charge is -2.29. The van der Waals surface area contributed by atoms with Gasteiger partial charge in [-0.05, 0) is 17.7 Å². The number of non-ortho nitro benzene ring substituents is 1. The van der Waals surface area contributed by atoms with Crippen LogP contribution >= 0.6 is 0 Å². The maximum Gasteiger partial charge on any atom is 0.269 e. The van der Waals surface area contributed by atoms with Crippen molar-refractivity contribution in [1.82, 2.24) is 5.32 Å². The van der Waals surface area contributed by atoms with E-state index in [2.05, 4.69) is 10.6 Å². The zero-order valence-electron chi connectivity index (χ0n) is 14.9. The molecule has 0 radical (unpaired) electrons. The van der Waals surface area contributed by atoms with Gasteiger partial charge in [0.25, 0.3) is 5.69 Å². The first-order valence-corrected chi connectivity index (χ1v) is 8.63. The van der Waals surface area contributed by atoms with Crippen LogP contribution in [0, 0.1) is 10.1 Å². The molecule has 3 rings (SSSR count). The van der Waals surface area contributed by atoms with Gasteiger partial charge in [0, 0.05) is 31.5 Å². The Morgan fingerprint density at radius 1 is 1.11 bits per heavy atom. The first kappa shape index (κ1) is 19.0. The van der Waals surface area contributed by atoms with Gasteiger partial charge in [0.1, 0.15) is 6.54 Å². The number of nitrogens with one attached hydrogen (secondary N) is 2. The van der Waals surface area contributed by atoms with E-state index in [1.54, 1.807) is 36.4 Å². The SMILES string of the molecule is O=C(CCC(=O)N1CC(=O)Nc2ccccc21)NCc1ccc([N+](=O)[O-])cc1. The molecule has 9 nitrogen and oxygen atoms in total. The van der Waals surface area contributed by atoms with Crippen molar-refractivity contribution in [1.29, 1.82) is 0 Å². The first-order valence-electron chi connectivity index (χ1n) is 8.63. The van der Waals surface area contributed by atoms with Crippen molar-refractivity contribution in [3.63, 3.8) is 0 Å². The molecule has 1 heterocycles. The second-order valence-electron chi connectivity index (χ2n) is 6.25. The van der Waals surface area contributed by atoms with Gasteiger partial charge in [0.15, 0.2) is 0 Å². The zero-order valence-corrected chi connectivity index (χ0v) is 14.9. The fourth-order valence-electron chi connectivity index (χ4n) is 2.84. The Hall–Kier alpha value is -3.75. The molecule has 1 aliphatic rings. The average Bonchev–Trinajstić information content (AvgIpc) is 2.70. The normalized spacial score (nSPS) is 12.7. The minimum atomic E-state index is -0.493. The van der Waals surface area contributed by atoms with E-state index in [1.165, 1.54) is 17.0 Å². The minimum Gasteiger partial charge on any atom is -0.352 e. The summed E-state index contributed by atoms with van der Waals surface area (Å²) in [5, 5.41) is 16.0. The van der Waals surface area contributed by atoms with Gasteiger partial charge in [-0.2, -0.15) is 0 Å². The van der Waals surface area contributed by atoms with Crippen molar-refractivity contribution in [2.24, 2.45) is 0 Å². The Labute approximate surface area is 160 Å². The van der Waals surface area contributed by atoms with Crippen LogP contribution < -0.4 is 15.5 Å².